The highest BCUT2D eigenvalue weighted by atomic mass is 16.5. The number of benzene rings is 1. The maximum absolute atomic E-state index is 12.7. The topological polar surface area (TPSA) is 114 Å². The van der Waals surface area contributed by atoms with E-state index in [2.05, 4.69) is 10.6 Å². The summed E-state index contributed by atoms with van der Waals surface area (Å²) in [5.41, 5.74) is 1.09. The van der Waals surface area contributed by atoms with Crippen LogP contribution >= 0.6 is 0 Å². The third-order valence-corrected chi connectivity index (χ3v) is 5.40. The Morgan fingerprint density at radius 2 is 1.97 bits per heavy atom. The van der Waals surface area contributed by atoms with Gasteiger partial charge in [0.05, 0.1) is 37.7 Å². The zero-order valence-corrected chi connectivity index (χ0v) is 19.3. The smallest absolute Gasteiger partial charge is 0.309 e. The summed E-state index contributed by atoms with van der Waals surface area (Å²) < 4.78 is 10.6. The van der Waals surface area contributed by atoms with Gasteiger partial charge < -0.3 is 25.2 Å². The molecule has 182 valence electrons. The maximum atomic E-state index is 12.7. The quantitative estimate of drug-likeness (QED) is 0.294. The highest BCUT2D eigenvalue weighted by molar-refractivity contribution is 5.86. The molecule has 0 fully saturated rings. The van der Waals surface area contributed by atoms with Crippen molar-refractivity contribution < 1.29 is 29.0 Å². The van der Waals surface area contributed by atoms with Crippen LogP contribution in [0.25, 0.3) is 0 Å². The molecule has 0 aliphatic carbocycles. The molecule has 0 unspecified atom stereocenters. The molecule has 1 aliphatic rings. The molecular formula is C25H36N2O6. The SMILES string of the molecule is C[C@H]1COC(=O)[C@@H](Cc2ccccc2)CCC=CC[C@H](CC(=O)NCCOCCO)C(=O)N1. The molecule has 0 saturated heterocycles. The summed E-state index contributed by atoms with van der Waals surface area (Å²) in [5, 5.41) is 14.3. The largest absolute Gasteiger partial charge is 0.463 e. The summed E-state index contributed by atoms with van der Waals surface area (Å²) in [6, 6.07) is 9.50. The number of carbonyl (C=O) groups is 3. The molecule has 3 N–H and O–H groups in total. The van der Waals surface area contributed by atoms with Crippen LogP contribution in [0.1, 0.15) is 38.2 Å². The second-order valence-corrected chi connectivity index (χ2v) is 8.30. The predicted molar refractivity (Wildman–Crippen MR) is 124 cm³/mol. The summed E-state index contributed by atoms with van der Waals surface area (Å²) in [7, 11) is 0. The van der Waals surface area contributed by atoms with Gasteiger partial charge in [0, 0.05) is 13.0 Å². The molecule has 1 aliphatic heterocycles. The van der Waals surface area contributed by atoms with Gasteiger partial charge in [0.25, 0.3) is 0 Å². The second-order valence-electron chi connectivity index (χ2n) is 8.30. The van der Waals surface area contributed by atoms with E-state index in [0.717, 1.165) is 5.56 Å². The summed E-state index contributed by atoms with van der Waals surface area (Å²) in [6.07, 6.45) is 6.32. The summed E-state index contributed by atoms with van der Waals surface area (Å²) in [6.45, 7) is 2.64. The third-order valence-electron chi connectivity index (χ3n) is 5.40. The first kappa shape index (κ1) is 26.5. The number of hydrogen-bond acceptors (Lipinski definition) is 6. The van der Waals surface area contributed by atoms with E-state index >= 15 is 0 Å². The molecule has 1 aromatic rings. The first-order valence-corrected chi connectivity index (χ1v) is 11.6. The molecule has 8 heteroatoms. The van der Waals surface area contributed by atoms with Crippen molar-refractivity contribution in [3.63, 3.8) is 0 Å². The Morgan fingerprint density at radius 3 is 2.73 bits per heavy atom. The van der Waals surface area contributed by atoms with E-state index in [1.165, 1.54) is 0 Å². The highest BCUT2D eigenvalue weighted by Crippen LogP contribution is 2.18. The van der Waals surface area contributed by atoms with Gasteiger partial charge in [-0.15, -0.1) is 0 Å². The van der Waals surface area contributed by atoms with Crippen molar-refractivity contribution >= 4 is 17.8 Å². The number of aliphatic hydroxyl groups is 1. The Bertz CT molecular complexity index is 767. The van der Waals surface area contributed by atoms with Crippen LogP contribution in [0, 0.1) is 11.8 Å². The number of nitrogens with one attached hydrogen (secondary N) is 2. The Balaban J connectivity index is 1.95. The van der Waals surface area contributed by atoms with Crippen molar-refractivity contribution in [2.24, 2.45) is 11.8 Å². The van der Waals surface area contributed by atoms with Gasteiger partial charge in [-0.05, 0) is 38.2 Å². The van der Waals surface area contributed by atoms with E-state index in [4.69, 9.17) is 14.6 Å². The number of hydrogen-bond donors (Lipinski definition) is 3. The first-order chi connectivity index (χ1) is 16.0. The first-order valence-electron chi connectivity index (χ1n) is 11.6. The number of cyclic esters (lactones) is 1. The molecule has 2 amide bonds. The van der Waals surface area contributed by atoms with Gasteiger partial charge in [0.1, 0.15) is 6.61 Å². The normalized spacial score (nSPS) is 22.3. The molecule has 1 heterocycles. The lowest BCUT2D eigenvalue weighted by molar-refractivity contribution is -0.150. The lowest BCUT2D eigenvalue weighted by Gasteiger charge is -2.20. The number of aliphatic hydroxyl groups excluding tert-OH is 1. The van der Waals surface area contributed by atoms with E-state index in [9.17, 15) is 14.4 Å². The Labute approximate surface area is 195 Å². The predicted octanol–water partition coefficient (Wildman–Crippen LogP) is 1.76. The van der Waals surface area contributed by atoms with E-state index in [1.54, 1.807) is 6.92 Å². The van der Waals surface area contributed by atoms with Crippen LogP contribution in [0.3, 0.4) is 0 Å². The lowest BCUT2D eigenvalue weighted by atomic mass is 9.94. The van der Waals surface area contributed by atoms with Crippen molar-refractivity contribution in [2.45, 2.75) is 45.1 Å². The van der Waals surface area contributed by atoms with Crippen LogP contribution in [0.5, 0.6) is 0 Å². The van der Waals surface area contributed by atoms with Gasteiger partial charge in [0.15, 0.2) is 0 Å². The molecule has 0 radical (unpaired) electrons. The minimum Gasteiger partial charge on any atom is -0.463 e. The Morgan fingerprint density at radius 1 is 1.18 bits per heavy atom. The average Bonchev–Trinajstić information content (AvgIpc) is 2.81. The van der Waals surface area contributed by atoms with Gasteiger partial charge in [0.2, 0.25) is 11.8 Å². The number of carbonyl (C=O) groups excluding carboxylic acids is 3. The van der Waals surface area contributed by atoms with Gasteiger partial charge >= 0.3 is 5.97 Å². The van der Waals surface area contributed by atoms with Gasteiger partial charge in [-0.1, -0.05) is 42.5 Å². The molecule has 0 spiro atoms. The molecular weight excluding hydrogens is 424 g/mol. The van der Waals surface area contributed by atoms with Gasteiger partial charge in [-0.2, -0.15) is 0 Å². The summed E-state index contributed by atoms with van der Waals surface area (Å²) in [4.78, 5) is 37.7. The molecule has 0 bridgehead atoms. The van der Waals surface area contributed by atoms with E-state index in [1.807, 2.05) is 42.5 Å². The summed E-state index contributed by atoms with van der Waals surface area (Å²) >= 11 is 0. The summed E-state index contributed by atoms with van der Waals surface area (Å²) in [5.74, 6) is -1.50. The average molecular weight is 461 g/mol. The third kappa shape index (κ3) is 10.6. The number of allylic oxidation sites excluding steroid dienone is 2. The molecule has 2 rings (SSSR count). The number of esters is 1. The molecule has 33 heavy (non-hydrogen) atoms. The fraction of sp³-hybridized carbons (Fsp3) is 0.560. The molecule has 8 nitrogen and oxygen atoms in total. The fourth-order valence-electron chi connectivity index (χ4n) is 3.61. The van der Waals surface area contributed by atoms with Crippen LogP contribution in [-0.4, -0.2) is 61.9 Å². The molecule has 0 saturated carbocycles. The number of amides is 2. The monoisotopic (exact) mass is 460 g/mol. The molecule has 3 atom stereocenters. The Hall–Kier alpha value is -2.71. The zero-order valence-electron chi connectivity index (χ0n) is 19.3. The van der Waals surface area contributed by atoms with Crippen molar-refractivity contribution in [3.8, 4) is 0 Å². The second kappa shape index (κ2) is 15.2. The fourth-order valence-corrected chi connectivity index (χ4v) is 3.61. The van der Waals surface area contributed by atoms with Crippen molar-refractivity contribution in [3.05, 3.63) is 48.0 Å². The van der Waals surface area contributed by atoms with Crippen molar-refractivity contribution in [2.75, 3.05) is 33.0 Å². The van der Waals surface area contributed by atoms with E-state index in [-0.39, 0.29) is 56.0 Å². The molecule has 0 aromatic heterocycles. The van der Waals surface area contributed by atoms with Crippen molar-refractivity contribution in [1.29, 1.82) is 0 Å². The number of ether oxygens (including phenoxy) is 2. The van der Waals surface area contributed by atoms with Crippen LogP contribution in [0.2, 0.25) is 0 Å². The van der Waals surface area contributed by atoms with Crippen LogP contribution < -0.4 is 10.6 Å². The van der Waals surface area contributed by atoms with Crippen LogP contribution in [0.15, 0.2) is 42.5 Å². The van der Waals surface area contributed by atoms with Gasteiger partial charge in [-0.3, -0.25) is 14.4 Å². The van der Waals surface area contributed by atoms with E-state index < -0.39 is 5.92 Å². The minimum absolute atomic E-state index is 0.0549. The van der Waals surface area contributed by atoms with Crippen LogP contribution in [-0.2, 0) is 30.3 Å². The minimum atomic E-state index is -0.515. The standard InChI is InChI=1S/C25H36N2O6/c1-19-18-33-25(31)22(16-20-8-4-2-5-9-20)11-7-3-6-10-21(24(30)27-19)17-23(29)26-12-14-32-15-13-28/h2-6,8-9,19,21-22,28H,7,10-18H2,1H3,(H,26,29)(H,27,30)/t19-,21+,22+/m0/s1. The van der Waals surface area contributed by atoms with Crippen molar-refractivity contribution in [1.82, 2.24) is 10.6 Å². The van der Waals surface area contributed by atoms with E-state index in [0.29, 0.717) is 38.8 Å². The maximum Gasteiger partial charge on any atom is 0.309 e. The van der Waals surface area contributed by atoms with Crippen LogP contribution in [0.4, 0.5) is 0 Å². The lowest BCUT2D eigenvalue weighted by Crippen LogP contribution is -2.42. The zero-order chi connectivity index (χ0) is 23.9. The van der Waals surface area contributed by atoms with Gasteiger partial charge in [-0.25, -0.2) is 0 Å². The Kier molecular flexibility index (Phi) is 12.2. The number of rotatable bonds is 9. The molecule has 1 aromatic carbocycles. The highest BCUT2D eigenvalue weighted by Gasteiger charge is 2.25.